The minimum absolute atomic E-state index is 0.640. The standard InChI is InChI=1S/C9H10Cl2O/c1-3-6-4-7(10)5-8(12-2)9(6)11/h4-5H,3H2,1-2H3. The van der Waals surface area contributed by atoms with Crippen LogP contribution in [0.3, 0.4) is 0 Å². The summed E-state index contributed by atoms with van der Waals surface area (Å²) in [5, 5.41) is 1.32. The average molecular weight is 205 g/mol. The quantitative estimate of drug-likeness (QED) is 0.717. The maximum absolute atomic E-state index is 6.00. The molecule has 0 fully saturated rings. The van der Waals surface area contributed by atoms with Crippen LogP contribution < -0.4 is 4.74 Å². The Morgan fingerprint density at radius 3 is 2.50 bits per heavy atom. The van der Waals surface area contributed by atoms with E-state index in [0.717, 1.165) is 12.0 Å². The van der Waals surface area contributed by atoms with E-state index >= 15 is 0 Å². The molecule has 0 aliphatic carbocycles. The lowest BCUT2D eigenvalue weighted by atomic mass is 10.1. The lowest BCUT2D eigenvalue weighted by Crippen LogP contribution is -1.89. The van der Waals surface area contributed by atoms with Crippen molar-refractivity contribution in [1.82, 2.24) is 0 Å². The highest BCUT2D eigenvalue weighted by Crippen LogP contribution is 2.31. The van der Waals surface area contributed by atoms with Crippen molar-refractivity contribution < 1.29 is 4.74 Å². The molecule has 0 bridgehead atoms. The molecule has 0 heterocycles. The van der Waals surface area contributed by atoms with E-state index in [2.05, 4.69) is 0 Å². The summed E-state index contributed by atoms with van der Waals surface area (Å²) in [7, 11) is 1.58. The van der Waals surface area contributed by atoms with E-state index in [0.29, 0.717) is 15.8 Å². The van der Waals surface area contributed by atoms with Gasteiger partial charge in [0.1, 0.15) is 5.75 Å². The van der Waals surface area contributed by atoms with E-state index in [1.54, 1.807) is 13.2 Å². The third-order valence-corrected chi connectivity index (χ3v) is 2.33. The number of hydrogen-bond acceptors (Lipinski definition) is 1. The third-order valence-electron chi connectivity index (χ3n) is 1.68. The Labute approximate surface area is 82.2 Å². The first-order valence-corrected chi connectivity index (χ1v) is 4.46. The second-order valence-corrected chi connectivity index (χ2v) is 3.25. The van der Waals surface area contributed by atoms with Gasteiger partial charge in [0.15, 0.2) is 0 Å². The summed E-state index contributed by atoms with van der Waals surface area (Å²) in [6.07, 6.45) is 0.857. The monoisotopic (exact) mass is 204 g/mol. The fraction of sp³-hybridized carbons (Fsp3) is 0.333. The summed E-state index contributed by atoms with van der Waals surface area (Å²) in [6, 6.07) is 3.56. The van der Waals surface area contributed by atoms with Gasteiger partial charge in [-0.15, -0.1) is 0 Å². The van der Waals surface area contributed by atoms with E-state index in [1.807, 2.05) is 13.0 Å². The molecule has 1 rings (SSSR count). The molecule has 12 heavy (non-hydrogen) atoms. The van der Waals surface area contributed by atoms with Crippen LogP contribution in [0.4, 0.5) is 0 Å². The first kappa shape index (κ1) is 9.69. The van der Waals surface area contributed by atoms with Gasteiger partial charge >= 0.3 is 0 Å². The third kappa shape index (κ3) is 1.85. The van der Waals surface area contributed by atoms with Gasteiger partial charge < -0.3 is 4.74 Å². The van der Waals surface area contributed by atoms with Crippen LogP contribution in [0.1, 0.15) is 12.5 Å². The smallest absolute Gasteiger partial charge is 0.139 e. The normalized spacial score (nSPS) is 10.0. The molecule has 0 saturated carbocycles. The van der Waals surface area contributed by atoms with Crippen molar-refractivity contribution in [3.63, 3.8) is 0 Å². The molecule has 1 aromatic rings. The first-order chi connectivity index (χ1) is 5.69. The molecule has 0 aliphatic rings. The molecule has 0 N–H and O–H groups in total. The number of hydrogen-bond donors (Lipinski definition) is 0. The van der Waals surface area contributed by atoms with Crippen LogP contribution in [-0.2, 0) is 6.42 Å². The van der Waals surface area contributed by atoms with Crippen molar-refractivity contribution >= 4 is 23.2 Å². The van der Waals surface area contributed by atoms with Gasteiger partial charge in [0.25, 0.3) is 0 Å². The summed E-state index contributed by atoms with van der Waals surface area (Å²) in [6.45, 7) is 2.02. The summed E-state index contributed by atoms with van der Waals surface area (Å²) in [5.41, 5.74) is 1.01. The minimum atomic E-state index is 0.640. The van der Waals surface area contributed by atoms with Crippen LogP contribution in [0.2, 0.25) is 10.0 Å². The van der Waals surface area contributed by atoms with Gasteiger partial charge in [0.05, 0.1) is 12.1 Å². The lowest BCUT2D eigenvalue weighted by molar-refractivity contribution is 0.414. The Balaban J connectivity index is 3.22. The molecular weight excluding hydrogens is 195 g/mol. The molecular formula is C9H10Cl2O. The van der Waals surface area contributed by atoms with E-state index in [-0.39, 0.29) is 0 Å². The molecule has 0 amide bonds. The number of aryl methyl sites for hydroxylation is 1. The Morgan fingerprint density at radius 1 is 1.33 bits per heavy atom. The Hall–Kier alpha value is -0.400. The van der Waals surface area contributed by atoms with Gasteiger partial charge in [0, 0.05) is 11.1 Å². The molecule has 1 aromatic carbocycles. The lowest BCUT2D eigenvalue weighted by Gasteiger charge is -2.07. The van der Waals surface area contributed by atoms with Crippen LogP contribution in [0.15, 0.2) is 12.1 Å². The van der Waals surface area contributed by atoms with Gasteiger partial charge in [-0.3, -0.25) is 0 Å². The van der Waals surface area contributed by atoms with Gasteiger partial charge in [-0.1, -0.05) is 30.1 Å². The van der Waals surface area contributed by atoms with Crippen molar-refractivity contribution in [1.29, 1.82) is 0 Å². The summed E-state index contributed by atoms with van der Waals surface area (Å²) < 4.78 is 5.05. The highest BCUT2D eigenvalue weighted by atomic mass is 35.5. The van der Waals surface area contributed by atoms with Gasteiger partial charge in [-0.25, -0.2) is 0 Å². The molecule has 0 radical (unpaired) electrons. The van der Waals surface area contributed by atoms with Gasteiger partial charge in [-0.2, -0.15) is 0 Å². The van der Waals surface area contributed by atoms with E-state index in [1.165, 1.54) is 0 Å². The zero-order chi connectivity index (χ0) is 9.14. The highest BCUT2D eigenvalue weighted by Gasteiger charge is 2.06. The highest BCUT2D eigenvalue weighted by molar-refractivity contribution is 6.34. The van der Waals surface area contributed by atoms with Crippen molar-refractivity contribution in [3.8, 4) is 5.75 Å². The van der Waals surface area contributed by atoms with Crippen LogP contribution >= 0.6 is 23.2 Å². The van der Waals surface area contributed by atoms with Crippen molar-refractivity contribution in [2.24, 2.45) is 0 Å². The molecule has 0 aliphatic heterocycles. The van der Waals surface area contributed by atoms with Gasteiger partial charge in [-0.05, 0) is 18.1 Å². The first-order valence-electron chi connectivity index (χ1n) is 3.71. The maximum Gasteiger partial charge on any atom is 0.139 e. The largest absolute Gasteiger partial charge is 0.495 e. The Bertz CT molecular complexity index is 259. The van der Waals surface area contributed by atoms with Crippen molar-refractivity contribution in [3.05, 3.63) is 27.7 Å². The molecule has 3 heteroatoms. The second kappa shape index (κ2) is 4.01. The predicted molar refractivity (Wildman–Crippen MR) is 52.4 cm³/mol. The SMILES string of the molecule is CCc1cc(Cl)cc(OC)c1Cl. The Morgan fingerprint density at radius 2 is 2.00 bits per heavy atom. The van der Waals surface area contributed by atoms with E-state index < -0.39 is 0 Å². The van der Waals surface area contributed by atoms with Crippen LogP contribution in [-0.4, -0.2) is 7.11 Å². The average Bonchev–Trinajstić information content (AvgIpc) is 2.08. The van der Waals surface area contributed by atoms with Crippen LogP contribution in [0.25, 0.3) is 0 Å². The molecule has 0 spiro atoms. The molecule has 0 aromatic heterocycles. The van der Waals surface area contributed by atoms with Crippen LogP contribution in [0, 0.1) is 0 Å². The molecule has 0 atom stereocenters. The fourth-order valence-electron chi connectivity index (χ4n) is 1.02. The molecule has 0 unspecified atom stereocenters. The minimum Gasteiger partial charge on any atom is -0.495 e. The van der Waals surface area contributed by atoms with Crippen molar-refractivity contribution in [2.75, 3.05) is 7.11 Å². The molecule has 1 nitrogen and oxygen atoms in total. The molecule has 66 valence electrons. The summed E-state index contributed by atoms with van der Waals surface area (Å²) >= 11 is 11.8. The summed E-state index contributed by atoms with van der Waals surface area (Å²) in [4.78, 5) is 0. The summed E-state index contributed by atoms with van der Waals surface area (Å²) in [5.74, 6) is 0.640. The number of rotatable bonds is 2. The van der Waals surface area contributed by atoms with Crippen LogP contribution in [0.5, 0.6) is 5.75 Å². The van der Waals surface area contributed by atoms with Crippen molar-refractivity contribution in [2.45, 2.75) is 13.3 Å². The fourth-order valence-corrected chi connectivity index (χ4v) is 1.57. The second-order valence-electron chi connectivity index (χ2n) is 2.43. The number of ether oxygens (including phenoxy) is 1. The van der Waals surface area contributed by atoms with Gasteiger partial charge in [0.2, 0.25) is 0 Å². The number of benzene rings is 1. The Kier molecular flexibility index (Phi) is 3.24. The zero-order valence-corrected chi connectivity index (χ0v) is 8.54. The number of methoxy groups -OCH3 is 1. The topological polar surface area (TPSA) is 9.23 Å². The zero-order valence-electron chi connectivity index (χ0n) is 7.03. The predicted octanol–water partition coefficient (Wildman–Crippen LogP) is 3.56. The number of halogens is 2. The maximum atomic E-state index is 6.00. The molecule has 0 saturated heterocycles. The van der Waals surface area contributed by atoms with E-state index in [9.17, 15) is 0 Å². The van der Waals surface area contributed by atoms with E-state index in [4.69, 9.17) is 27.9 Å².